The first-order chi connectivity index (χ1) is 11.9. The predicted molar refractivity (Wildman–Crippen MR) is 91.2 cm³/mol. The molecule has 0 unspecified atom stereocenters. The summed E-state index contributed by atoms with van der Waals surface area (Å²) >= 11 is 0. The van der Waals surface area contributed by atoms with Gasteiger partial charge >= 0.3 is 0 Å². The summed E-state index contributed by atoms with van der Waals surface area (Å²) in [5, 5.41) is 11.2. The standard InChI is InChI=1S/C18H23N5O/c1-2-11-22(15(4-1)8-13-23-12-3-9-20-23)14-16-5-6-18(24-16)17-7-10-19-21-17/h3,5-7,9-10,12,15H,1-2,4,8,11,13-14H2,(H,19,21)/t15-/m0/s1. The molecule has 6 heteroatoms. The summed E-state index contributed by atoms with van der Waals surface area (Å²) in [7, 11) is 0. The number of nitrogens with one attached hydrogen (secondary N) is 1. The molecule has 1 aliphatic heterocycles. The van der Waals surface area contributed by atoms with Gasteiger partial charge in [-0.2, -0.15) is 10.2 Å². The van der Waals surface area contributed by atoms with Gasteiger partial charge in [-0.1, -0.05) is 6.42 Å². The monoisotopic (exact) mass is 325 g/mol. The van der Waals surface area contributed by atoms with E-state index in [1.165, 1.54) is 19.3 Å². The lowest BCUT2D eigenvalue weighted by atomic mass is 9.99. The molecule has 1 saturated heterocycles. The predicted octanol–water partition coefficient (Wildman–Crippen LogP) is 3.31. The van der Waals surface area contributed by atoms with Crippen molar-refractivity contribution >= 4 is 0 Å². The van der Waals surface area contributed by atoms with Gasteiger partial charge in [0.25, 0.3) is 0 Å². The molecule has 3 aromatic heterocycles. The van der Waals surface area contributed by atoms with Crippen LogP contribution in [0.5, 0.6) is 0 Å². The Kier molecular flexibility index (Phi) is 4.46. The lowest BCUT2D eigenvalue weighted by Crippen LogP contribution is -2.39. The van der Waals surface area contributed by atoms with E-state index in [1.807, 2.05) is 35.3 Å². The van der Waals surface area contributed by atoms with Gasteiger partial charge in [-0.3, -0.25) is 14.7 Å². The minimum atomic E-state index is 0.601. The van der Waals surface area contributed by atoms with E-state index in [9.17, 15) is 0 Å². The average Bonchev–Trinajstić information content (AvgIpc) is 3.36. The van der Waals surface area contributed by atoms with Crippen molar-refractivity contribution in [3.63, 3.8) is 0 Å². The Bertz CT molecular complexity index is 731. The zero-order chi connectivity index (χ0) is 16.2. The number of furan rings is 1. The number of piperidine rings is 1. The second-order valence-electron chi connectivity index (χ2n) is 6.41. The summed E-state index contributed by atoms with van der Waals surface area (Å²) in [5.74, 6) is 1.87. The molecular weight excluding hydrogens is 302 g/mol. The molecule has 4 heterocycles. The van der Waals surface area contributed by atoms with Crippen molar-refractivity contribution in [1.29, 1.82) is 0 Å². The van der Waals surface area contributed by atoms with Gasteiger partial charge in [-0.25, -0.2) is 0 Å². The second-order valence-corrected chi connectivity index (χ2v) is 6.41. The first-order valence-corrected chi connectivity index (χ1v) is 8.68. The van der Waals surface area contributed by atoms with Crippen LogP contribution < -0.4 is 0 Å². The van der Waals surface area contributed by atoms with E-state index in [1.54, 1.807) is 6.20 Å². The Labute approximate surface area is 141 Å². The summed E-state index contributed by atoms with van der Waals surface area (Å²) in [6, 6.07) is 8.61. The van der Waals surface area contributed by atoms with E-state index < -0.39 is 0 Å². The highest BCUT2D eigenvalue weighted by Crippen LogP contribution is 2.25. The fourth-order valence-electron chi connectivity index (χ4n) is 3.51. The summed E-state index contributed by atoms with van der Waals surface area (Å²) in [6.45, 7) is 2.99. The molecule has 126 valence electrons. The van der Waals surface area contributed by atoms with E-state index in [0.717, 1.165) is 43.3 Å². The number of H-pyrrole nitrogens is 1. The van der Waals surface area contributed by atoms with E-state index >= 15 is 0 Å². The first kappa shape index (κ1) is 15.2. The van der Waals surface area contributed by atoms with Gasteiger partial charge < -0.3 is 4.42 Å². The van der Waals surface area contributed by atoms with E-state index in [2.05, 4.69) is 26.3 Å². The van der Waals surface area contributed by atoms with Gasteiger partial charge in [-0.15, -0.1) is 0 Å². The van der Waals surface area contributed by atoms with E-state index in [-0.39, 0.29) is 0 Å². The summed E-state index contributed by atoms with van der Waals surface area (Å²) in [5.41, 5.74) is 0.926. The van der Waals surface area contributed by atoms with Crippen molar-refractivity contribution in [1.82, 2.24) is 24.9 Å². The molecule has 0 aromatic carbocycles. The molecule has 0 bridgehead atoms. The number of hydrogen-bond donors (Lipinski definition) is 1. The highest BCUT2D eigenvalue weighted by molar-refractivity contribution is 5.51. The van der Waals surface area contributed by atoms with E-state index in [4.69, 9.17) is 4.42 Å². The van der Waals surface area contributed by atoms with Crippen molar-refractivity contribution < 1.29 is 4.42 Å². The number of aromatic nitrogens is 4. The average molecular weight is 325 g/mol. The SMILES string of the molecule is c1cnn(CC[C@@H]2CCCCN2Cc2ccc(-c3ccn[nH]3)o2)c1. The van der Waals surface area contributed by atoms with Crippen LogP contribution in [0.2, 0.25) is 0 Å². The maximum atomic E-state index is 6.00. The Morgan fingerprint density at radius 2 is 2.21 bits per heavy atom. The van der Waals surface area contributed by atoms with Crippen LogP contribution in [0.1, 0.15) is 31.4 Å². The number of nitrogens with zero attached hydrogens (tertiary/aromatic N) is 4. The molecule has 1 N–H and O–H groups in total. The van der Waals surface area contributed by atoms with Crippen LogP contribution in [0.15, 0.2) is 47.3 Å². The molecule has 0 amide bonds. The van der Waals surface area contributed by atoms with Gasteiger partial charge in [0, 0.05) is 31.2 Å². The van der Waals surface area contributed by atoms with Crippen molar-refractivity contribution in [3.8, 4) is 11.5 Å². The highest BCUT2D eigenvalue weighted by atomic mass is 16.3. The number of hydrogen-bond acceptors (Lipinski definition) is 4. The topological polar surface area (TPSA) is 62.9 Å². The summed E-state index contributed by atoms with van der Waals surface area (Å²) in [4.78, 5) is 2.56. The second kappa shape index (κ2) is 7.05. The van der Waals surface area contributed by atoms with Crippen molar-refractivity contribution in [2.24, 2.45) is 0 Å². The molecule has 4 rings (SSSR count). The summed E-state index contributed by atoms with van der Waals surface area (Å²) < 4.78 is 8.02. The quantitative estimate of drug-likeness (QED) is 0.755. The molecule has 1 atom stereocenters. The van der Waals surface area contributed by atoms with Gasteiger partial charge in [0.1, 0.15) is 11.5 Å². The summed E-state index contributed by atoms with van der Waals surface area (Å²) in [6.07, 6.45) is 10.6. The fraction of sp³-hybridized carbons (Fsp3) is 0.444. The lowest BCUT2D eigenvalue weighted by molar-refractivity contribution is 0.118. The van der Waals surface area contributed by atoms with Gasteiger partial charge in [-0.05, 0) is 50.1 Å². The smallest absolute Gasteiger partial charge is 0.152 e. The first-order valence-electron chi connectivity index (χ1n) is 8.68. The molecule has 0 radical (unpaired) electrons. The largest absolute Gasteiger partial charge is 0.458 e. The maximum absolute atomic E-state index is 6.00. The Balaban J connectivity index is 1.39. The maximum Gasteiger partial charge on any atom is 0.152 e. The Morgan fingerprint density at radius 3 is 3.04 bits per heavy atom. The van der Waals surface area contributed by atoms with Crippen molar-refractivity contribution in [2.45, 2.75) is 44.8 Å². The molecular formula is C18H23N5O. The van der Waals surface area contributed by atoms with Gasteiger partial charge in [0.05, 0.1) is 6.54 Å². The molecule has 3 aromatic rings. The highest BCUT2D eigenvalue weighted by Gasteiger charge is 2.23. The van der Waals surface area contributed by atoms with Crippen LogP contribution in [0.25, 0.3) is 11.5 Å². The minimum Gasteiger partial charge on any atom is -0.458 e. The molecule has 0 saturated carbocycles. The molecule has 1 aliphatic rings. The molecule has 1 fully saturated rings. The van der Waals surface area contributed by atoms with Crippen LogP contribution in [-0.2, 0) is 13.1 Å². The fourth-order valence-corrected chi connectivity index (χ4v) is 3.51. The number of aromatic amines is 1. The molecule has 6 nitrogen and oxygen atoms in total. The number of likely N-dealkylation sites (tertiary alicyclic amines) is 1. The molecule has 24 heavy (non-hydrogen) atoms. The Hall–Kier alpha value is -2.34. The molecule has 0 spiro atoms. The van der Waals surface area contributed by atoms with Crippen molar-refractivity contribution in [2.75, 3.05) is 6.54 Å². The minimum absolute atomic E-state index is 0.601. The van der Waals surface area contributed by atoms with E-state index in [0.29, 0.717) is 6.04 Å². The Morgan fingerprint density at radius 1 is 1.21 bits per heavy atom. The zero-order valence-electron chi connectivity index (χ0n) is 13.8. The van der Waals surface area contributed by atoms with Gasteiger partial charge in [0.15, 0.2) is 5.76 Å². The molecule has 0 aliphatic carbocycles. The van der Waals surface area contributed by atoms with Gasteiger partial charge in [0.2, 0.25) is 0 Å². The third-order valence-corrected chi connectivity index (χ3v) is 4.79. The number of aryl methyl sites for hydroxylation is 1. The third-order valence-electron chi connectivity index (χ3n) is 4.79. The lowest BCUT2D eigenvalue weighted by Gasteiger charge is -2.35. The van der Waals surface area contributed by atoms with Crippen LogP contribution >= 0.6 is 0 Å². The normalized spacial score (nSPS) is 18.9. The third kappa shape index (κ3) is 3.43. The van der Waals surface area contributed by atoms with Crippen LogP contribution in [-0.4, -0.2) is 37.5 Å². The van der Waals surface area contributed by atoms with Crippen LogP contribution in [0, 0.1) is 0 Å². The van der Waals surface area contributed by atoms with Crippen LogP contribution in [0.3, 0.4) is 0 Å². The number of rotatable bonds is 6. The zero-order valence-corrected chi connectivity index (χ0v) is 13.8. The van der Waals surface area contributed by atoms with Crippen LogP contribution in [0.4, 0.5) is 0 Å². The van der Waals surface area contributed by atoms with Crippen molar-refractivity contribution in [3.05, 3.63) is 48.6 Å².